The van der Waals surface area contributed by atoms with E-state index in [-0.39, 0.29) is 0 Å². The fourth-order valence-corrected chi connectivity index (χ4v) is 2.38. The van der Waals surface area contributed by atoms with Crippen LogP contribution < -0.4 is 5.73 Å². The van der Waals surface area contributed by atoms with Gasteiger partial charge < -0.3 is 10.3 Å². The average Bonchev–Trinajstić information content (AvgIpc) is 3.23. The molecule has 0 bridgehead atoms. The molecule has 1 aliphatic rings. The molecule has 19 heavy (non-hydrogen) atoms. The molecule has 1 fully saturated rings. The van der Waals surface area contributed by atoms with Crippen LogP contribution in [0, 0.1) is 11.3 Å². The molecule has 1 aliphatic carbocycles. The zero-order valence-corrected chi connectivity index (χ0v) is 10.9. The number of hydrogen-bond donors (Lipinski definition) is 1. The quantitative estimate of drug-likeness (QED) is 0.913. The third kappa shape index (κ3) is 1.97. The Labute approximate surface area is 112 Å². The summed E-state index contributed by atoms with van der Waals surface area (Å²) in [6.07, 6.45) is 2.42. The first-order chi connectivity index (χ1) is 9.24. The number of benzene rings is 1. The van der Waals surface area contributed by atoms with Crippen molar-refractivity contribution < 1.29 is 0 Å². The smallest absolute Gasteiger partial charge is 0.131 e. The summed E-state index contributed by atoms with van der Waals surface area (Å²) in [5.41, 5.74) is 8.69. The number of aromatic nitrogens is 2. The van der Waals surface area contributed by atoms with Gasteiger partial charge in [0.1, 0.15) is 17.3 Å². The van der Waals surface area contributed by atoms with E-state index in [1.807, 2.05) is 12.1 Å². The molecular formula is C15H16N4. The highest BCUT2D eigenvalue weighted by molar-refractivity contribution is 5.71. The zero-order valence-electron chi connectivity index (χ0n) is 10.9. The number of nitrogens with two attached hydrogens (primary N) is 1. The monoisotopic (exact) mass is 252 g/mol. The molecular weight excluding hydrogens is 236 g/mol. The van der Waals surface area contributed by atoms with Crippen molar-refractivity contribution in [2.24, 2.45) is 0 Å². The number of rotatable bonds is 3. The van der Waals surface area contributed by atoms with Gasteiger partial charge in [-0.15, -0.1) is 0 Å². The molecule has 0 radical (unpaired) electrons. The van der Waals surface area contributed by atoms with Crippen LogP contribution >= 0.6 is 0 Å². The largest absolute Gasteiger partial charge is 0.383 e. The van der Waals surface area contributed by atoms with Crippen molar-refractivity contribution in [3.05, 3.63) is 35.7 Å². The van der Waals surface area contributed by atoms with Gasteiger partial charge in [0.05, 0.1) is 11.6 Å². The normalized spacial score (nSPS) is 14.3. The Bertz CT molecular complexity index is 642. The van der Waals surface area contributed by atoms with Crippen LogP contribution in [0.1, 0.15) is 37.1 Å². The summed E-state index contributed by atoms with van der Waals surface area (Å²) in [6.45, 7) is 2.94. The Balaban J connectivity index is 2.06. The van der Waals surface area contributed by atoms with Crippen molar-refractivity contribution in [2.75, 3.05) is 5.73 Å². The van der Waals surface area contributed by atoms with Crippen molar-refractivity contribution in [1.29, 1.82) is 5.26 Å². The second kappa shape index (κ2) is 4.43. The minimum atomic E-state index is 0.578. The summed E-state index contributed by atoms with van der Waals surface area (Å²) in [4.78, 5) is 4.72. The maximum Gasteiger partial charge on any atom is 0.131 e. The lowest BCUT2D eigenvalue weighted by Gasteiger charge is -2.05. The van der Waals surface area contributed by atoms with E-state index in [4.69, 9.17) is 16.0 Å². The molecule has 1 saturated carbocycles. The van der Waals surface area contributed by atoms with Crippen LogP contribution in [0.2, 0.25) is 0 Å². The van der Waals surface area contributed by atoms with Crippen molar-refractivity contribution in [1.82, 2.24) is 9.55 Å². The molecule has 1 heterocycles. The molecule has 96 valence electrons. The second-order valence-electron chi connectivity index (χ2n) is 4.91. The van der Waals surface area contributed by atoms with Gasteiger partial charge in [-0.2, -0.15) is 5.26 Å². The van der Waals surface area contributed by atoms with Crippen LogP contribution in [0.5, 0.6) is 0 Å². The number of nitriles is 1. The van der Waals surface area contributed by atoms with Crippen LogP contribution in [-0.2, 0) is 6.54 Å². The maximum atomic E-state index is 8.83. The predicted molar refractivity (Wildman–Crippen MR) is 74.4 cm³/mol. The second-order valence-corrected chi connectivity index (χ2v) is 4.91. The van der Waals surface area contributed by atoms with Gasteiger partial charge in [-0.05, 0) is 31.9 Å². The first-order valence-electron chi connectivity index (χ1n) is 6.61. The van der Waals surface area contributed by atoms with Crippen molar-refractivity contribution >= 4 is 5.82 Å². The van der Waals surface area contributed by atoms with E-state index in [1.165, 1.54) is 12.8 Å². The fraction of sp³-hybridized carbons (Fsp3) is 0.333. The van der Waals surface area contributed by atoms with Gasteiger partial charge in [0.15, 0.2) is 0 Å². The minimum absolute atomic E-state index is 0.578. The van der Waals surface area contributed by atoms with Gasteiger partial charge in [0.25, 0.3) is 0 Å². The first-order valence-corrected chi connectivity index (χ1v) is 6.61. The van der Waals surface area contributed by atoms with Gasteiger partial charge in [0, 0.05) is 18.0 Å². The SMILES string of the molecule is CCn1c(C2CC2)nc(-c2ccc(C#N)cc2)c1N. The average molecular weight is 252 g/mol. The molecule has 0 saturated heterocycles. The van der Waals surface area contributed by atoms with Crippen LogP contribution in [0.3, 0.4) is 0 Å². The van der Waals surface area contributed by atoms with Gasteiger partial charge in [0.2, 0.25) is 0 Å². The minimum Gasteiger partial charge on any atom is -0.383 e. The first kappa shape index (κ1) is 11.8. The Morgan fingerprint density at radius 1 is 1.37 bits per heavy atom. The summed E-state index contributed by atoms with van der Waals surface area (Å²) in [7, 11) is 0. The molecule has 2 N–H and O–H groups in total. The predicted octanol–water partition coefficient (Wildman–Crippen LogP) is 2.90. The van der Waals surface area contributed by atoms with Crippen LogP contribution in [0.25, 0.3) is 11.3 Å². The van der Waals surface area contributed by atoms with Crippen molar-refractivity contribution in [3.8, 4) is 17.3 Å². The van der Waals surface area contributed by atoms with E-state index in [2.05, 4.69) is 17.6 Å². The van der Waals surface area contributed by atoms with Crippen LogP contribution in [0.4, 0.5) is 5.82 Å². The molecule has 1 aromatic heterocycles. The standard InChI is InChI=1S/C15H16N4/c1-2-19-14(17)13(18-15(19)12-7-8-12)11-5-3-10(9-16)4-6-11/h3-6,12H,2,7-8,17H2,1H3. The zero-order chi connectivity index (χ0) is 13.4. The van der Waals surface area contributed by atoms with Gasteiger partial charge in [-0.25, -0.2) is 4.98 Å². The lowest BCUT2D eigenvalue weighted by molar-refractivity contribution is 0.708. The highest BCUT2D eigenvalue weighted by Gasteiger charge is 2.30. The van der Waals surface area contributed by atoms with E-state index in [9.17, 15) is 0 Å². The topological polar surface area (TPSA) is 67.6 Å². The molecule has 0 amide bonds. The van der Waals surface area contributed by atoms with Crippen molar-refractivity contribution in [2.45, 2.75) is 32.2 Å². The van der Waals surface area contributed by atoms with E-state index in [1.54, 1.807) is 12.1 Å². The molecule has 0 unspecified atom stereocenters. The molecule has 0 spiro atoms. The lowest BCUT2D eigenvalue weighted by Crippen LogP contribution is -2.04. The van der Waals surface area contributed by atoms with Gasteiger partial charge in [-0.1, -0.05) is 12.1 Å². The Kier molecular flexibility index (Phi) is 2.75. The van der Waals surface area contributed by atoms with Gasteiger partial charge in [-0.3, -0.25) is 0 Å². The third-order valence-electron chi connectivity index (χ3n) is 3.58. The lowest BCUT2D eigenvalue weighted by atomic mass is 10.1. The number of nitrogens with zero attached hydrogens (tertiary/aromatic N) is 3. The summed E-state index contributed by atoms with van der Waals surface area (Å²) in [5.74, 6) is 2.42. The number of anilines is 1. The summed E-state index contributed by atoms with van der Waals surface area (Å²) in [5, 5.41) is 8.83. The number of hydrogen-bond acceptors (Lipinski definition) is 3. The van der Waals surface area contributed by atoms with Crippen LogP contribution in [0.15, 0.2) is 24.3 Å². The Hall–Kier alpha value is -2.28. The highest BCUT2D eigenvalue weighted by Crippen LogP contribution is 2.42. The highest BCUT2D eigenvalue weighted by atomic mass is 15.1. The fourth-order valence-electron chi connectivity index (χ4n) is 2.38. The van der Waals surface area contributed by atoms with E-state index in [0.29, 0.717) is 11.5 Å². The maximum absolute atomic E-state index is 8.83. The molecule has 3 rings (SSSR count). The van der Waals surface area contributed by atoms with Gasteiger partial charge >= 0.3 is 0 Å². The molecule has 4 nitrogen and oxygen atoms in total. The molecule has 0 atom stereocenters. The Morgan fingerprint density at radius 2 is 2.05 bits per heavy atom. The third-order valence-corrected chi connectivity index (χ3v) is 3.58. The summed E-state index contributed by atoms with van der Waals surface area (Å²) in [6, 6.07) is 9.54. The molecule has 4 heteroatoms. The number of nitrogen functional groups attached to an aromatic ring is 1. The van der Waals surface area contributed by atoms with E-state index in [0.717, 1.165) is 29.4 Å². The molecule has 1 aromatic carbocycles. The van der Waals surface area contributed by atoms with Crippen molar-refractivity contribution in [3.63, 3.8) is 0 Å². The summed E-state index contributed by atoms with van der Waals surface area (Å²) < 4.78 is 2.10. The molecule has 2 aromatic rings. The molecule has 0 aliphatic heterocycles. The van der Waals surface area contributed by atoms with E-state index >= 15 is 0 Å². The summed E-state index contributed by atoms with van der Waals surface area (Å²) >= 11 is 0. The number of imidazole rings is 1. The van der Waals surface area contributed by atoms with E-state index < -0.39 is 0 Å². The van der Waals surface area contributed by atoms with Crippen LogP contribution in [-0.4, -0.2) is 9.55 Å². The Morgan fingerprint density at radius 3 is 2.58 bits per heavy atom.